The minimum absolute atomic E-state index is 0.430. The smallest absolute Gasteiger partial charge is 0.353 e. The molecule has 0 spiro atoms. The van der Waals surface area contributed by atoms with Gasteiger partial charge in [-0.15, -0.1) is 0 Å². The highest BCUT2D eigenvalue weighted by molar-refractivity contribution is 7.80. The van der Waals surface area contributed by atoms with Crippen molar-refractivity contribution in [3.63, 3.8) is 0 Å². The lowest BCUT2D eigenvalue weighted by atomic mass is 9.87. The fourth-order valence-electron chi connectivity index (χ4n) is 3.88. The molecule has 3 rings (SSSR count). The Hall–Kier alpha value is -2.08. The standard InChI is InChI=1S/C21H23F3N2S/c1-14-10-15(2)12-18(11-14)25-19(27)26-20(8-3-4-9-20)16-6-5-7-17(13-16)21(22,23)24/h5-7,10-13H,3-4,8-9H2,1-2H3,(H2,25,26,27). The van der Waals surface area contributed by atoms with Crippen LogP contribution < -0.4 is 10.6 Å². The highest BCUT2D eigenvalue weighted by Gasteiger charge is 2.38. The maximum Gasteiger partial charge on any atom is 0.416 e. The third-order valence-electron chi connectivity index (χ3n) is 5.03. The van der Waals surface area contributed by atoms with Crippen LogP contribution >= 0.6 is 12.2 Å². The number of alkyl halides is 3. The highest BCUT2D eigenvalue weighted by Crippen LogP contribution is 2.41. The van der Waals surface area contributed by atoms with Crippen LogP contribution in [-0.4, -0.2) is 5.11 Å². The zero-order valence-corrected chi connectivity index (χ0v) is 16.2. The Labute approximate surface area is 163 Å². The summed E-state index contributed by atoms with van der Waals surface area (Å²) in [6.07, 6.45) is -0.940. The fraction of sp³-hybridized carbons (Fsp3) is 0.381. The summed E-state index contributed by atoms with van der Waals surface area (Å²) in [5, 5.41) is 6.95. The van der Waals surface area contributed by atoms with Crippen LogP contribution in [0.15, 0.2) is 42.5 Å². The summed E-state index contributed by atoms with van der Waals surface area (Å²) in [6, 6.07) is 11.6. The predicted octanol–water partition coefficient (Wildman–Crippen LogP) is 6.08. The van der Waals surface area contributed by atoms with Crippen molar-refractivity contribution in [1.29, 1.82) is 0 Å². The first kappa shape index (κ1) is 19.7. The third-order valence-corrected chi connectivity index (χ3v) is 5.24. The molecule has 2 N–H and O–H groups in total. The summed E-state index contributed by atoms with van der Waals surface area (Å²) in [5.41, 5.74) is 2.56. The first-order chi connectivity index (χ1) is 12.7. The maximum absolute atomic E-state index is 13.1. The Bertz CT molecular complexity index is 819. The summed E-state index contributed by atoms with van der Waals surface area (Å²) in [6.45, 7) is 4.02. The number of halogens is 3. The van der Waals surface area contributed by atoms with E-state index in [-0.39, 0.29) is 0 Å². The van der Waals surface area contributed by atoms with Crippen LogP contribution in [-0.2, 0) is 11.7 Å². The van der Waals surface area contributed by atoms with Gasteiger partial charge in [-0.2, -0.15) is 13.2 Å². The quantitative estimate of drug-likeness (QED) is 0.619. The molecule has 2 aromatic carbocycles. The predicted molar refractivity (Wildman–Crippen MR) is 107 cm³/mol. The first-order valence-corrected chi connectivity index (χ1v) is 9.44. The number of thiocarbonyl (C=S) groups is 1. The number of hydrogen-bond donors (Lipinski definition) is 2. The molecule has 0 radical (unpaired) electrons. The molecule has 27 heavy (non-hydrogen) atoms. The second-order valence-electron chi connectivity index (χ2n) is 7.32. The molecular weight excluding hydrogens is 369 g/mol. The Morgan fingerprint density at radius 2 is 1.63 bits per heavy atom. The first-order valence-electron chi connectivity index (χ1n) is 9.03. The van der Waals surface area contributed by atoms with E-state index in [1.807, 2.05) is 26.0 Å². The minimum atomic E-state index is -4.35. The monoisotopic (exact) mass is 392 g/mol. The summed E-state index contributed by atoms with van der Waals surface area (Å²) in [7, 11) is 0. The van der Waals surface area contributed by atoms with Gasteiger partial charge in [-0.3, -0.25) is 0 Å². The molecule has 1 aliphatic carbocycles. The lowest BCUT2D eigenvalue weighted by molar-refractivity contribution is -0.137. The molecule has 0 aromatic heterocycles. The third kappa shape index (κ3) is 4.61. The van der Waals surface area contributed by atoms with Crippen LogP contribution in [0, 0.1) is 13.8 Å². The Kier molecular flexibility index (Phi) is 5.47. The van der Waals surface area contributed by atoms with Crippen LogP contribution in [0.3, 0.4) is 0 Å². The molecule has 1 saturated carbocycles. The van der Waals surface area contributed by atoms with Crippen LogP contribution in [0.5, 0.6) is 0 Å². The molecule has 6 heteroatoms. The maximum atomic E-state index is 13.1. The normalized spacial score (nSPS) is 16.2. The van der Waals surface area contributed by atoms with Crippen molar-refractivity contribution in [2.45, 2.75) is 51.2 Å². The molecule has 0 bridgehead atoms. The van der Waals surface area contributed by atoms with Crippen LogP contribution in [0.2, 0.25) is 0 Å². The average molecular weight is 392 g/mol. The van der Waals surface area contributed by atoms with E-state index in [4.69, 9.17) is 12.2 Å². The van der Waals surface area contributed by atoms with Crippen molar-refractivity contribution in [1.82, 2.24) is 5.32 Å². The molecule has 144 valence electrons. The topological polar surface area (TPSA) is 24.1 Å². The second kappa shape index (κ2) is 7.50. The molecule has 2 nitrogen and oxygen atoms in total. The number of aryl methyl sites for hydroxylation is 2. The molecule has 2 aromatic rings. The number of benzene rings is 2. The summed E-state index contributed by atoms with van der Waals surface area (Å²) < 4.78 is 39.4. The van der Waals surface area contributed by atoms with Crippen molar-refractivity contribution in [3.05, 3.63) is 64.7 Å². The molecule has 1 fully saturated rings. The summed E-state index contributed by atoms with van der Waals surface area (Å²) in [5.74, 6) is 0. The fourth-order valence-corrected chi connectivity index (χ4v) is 4.20. The van der Waals surface area contributed by atoms with Gasteiger partial charge < -0.3 is 10.6 Å². The van der Waals surface area contributed by atoms with Gasteiger partial charge in [-0.1, -0.05) is 31.0 Å². The van der Waals surface area contributed by atoms with E-state index in [9.17, 15) is 13.2 Å². The molecule has 0 saturated heterocycles. The average Bonchev–Trinajstić information content (AvgIpc) is 3.02. The van der Waals surface area contributed by atoms with E-state index in [0.29, 0.717) is 10.7 Å². The van der Waals surface area contributed by atoms with Gasteiger partial charge in [-0.25, -0.2) is 0 Å². The van der Waals surface area contributed by atoms with Gasteiger partial charge >= 0.3 is 6.18 Å². The van der Waals surface area contributed by atoms with Crippen LogP contribution in [0.25, 0.3) is 0 Å². The SMILES string of the molecule is Cc1cc(C)cc(NC(=S)NC2(c3cccc(C(F)(F)F)c3)CCCC2)c1. The minimum Gasteiger partial charge on any atom is -0.353 e. The van der Waals surface area contributed by atoms with Gasteiger partial charge in [0, 0.05) is 5.69 Å². The number of anilines is 1. The Morgan fingerprint density at radius 3 is 2.22 bits per heavy atom. The largest absolute Gasteiger partial charge is 0.416 e. The molecule has 0 amide bonds. The van der Waals surface area contributed by atoms with Crippen molar-refractivity contribution < 1.29 is 13.2 Å². The Morgan fingerprint density at radius 1 is 1.00 bits per heavy atom. The van der Waals surface area contributed by atoms with E-state index in [0.717, 1.165) is 48.6 Å². The Balaban J connectivity index is 1.84. The van der Waals surface area contributed by atoms with Gasteiger partial charge in [0.05, 0.1) is 11.1 Å². The highest BCUT2D eigenvalue weighted by atomic mass is 32.1. The number of nitrogens with one attached hydrogen (secondary N) is 2. The summed E-state index contributed by atoms with van der Waals surface area (Å²) >= 11 is 5.49. The lowest BCUT2D eigenvalue weighted by Gasteiger charge is -2.33. The second-order valence-corrected chi connectivity index (χ2v) is 7.73. The molecule has 0 aliphatic heterocycles. The van der Waals surface area contributed by atoms with Gasteiger partial charge in [0.2, 0.25) is 0 Å². The van der Waals surface area contributed by atoms with Gasteiger partial charge in [-0.05, 0) is 79.9 Å². The molecule has 0 atom stereocenters. The van der Waals surface area contributed by atoms with Crippen molar-refractivity contribution in [2.24, 2.45) is 0 Å². The van der Waals surface area contributed by atoms with Crippen molar-refractivity contribution in [2.75, 3.05) is 5.32 Å². The van der Waals surface area contributed by atoms with E-state index in [2.05, 4.69) is 16.7 Å². The van der Waals surface area contributed by atoms with Gasteiger partial charge in [0.1, 0.15) is 0 Å². The van der Waals surface area contributed by atoms with Gasteiger partial charge in [0.25, 0.3) is 0 Å². The molecule has 0 unspecified atom stereocenters. The molecular formula is C21H23F3N2S. The van der Waals surface area contributed by atoms with Crippen LogP contribution in [0.4, 0.5) is 18.9 Å². The van der Waals surface area contributed by atoms with E-state index < -0.39 is 17.3 Å². The van der Waals surface area contributed by atoms with E-state index in [1.54, 1.807) is 6.07 Å². The lowest BCUT2D eigenvalue weighted by Crippen LogP contribution is -2.45. The van der Waals surface area contributed by atoms with Gasteiger partial charge in [0.15, 0.2) is 5.11 Å². The zero-order valence-electron chi connectivity index (χ0n) is 15.4. The number of hydrogen-bond acceptors (Lipinski definition) is 1. The molecule has 0 heterocycles. The number of rotatable bonds is 3. The molecule has 1 aliphatic rings. The summed E-state index contributed by atoms with van der Waals surface area (Å²) in [4.78, 5) is 0. The van der Waals surface area contributed by atoms with E-state index >= 15 is 0 Å². The van der Waals surface area contributed by atoms with E-state index in [1.165, 1.54) is 12.1 Å². The van der Waals surface area contributed by atoms with Crippen LogP contribution in [0.1, 0.15) is 47.9 Å². The van der Waals surface area contributed by atoms with Crippen molar-refractivity contribution >= 4 is 23.0 Å². The van der Waals surface area contributed by atoms with Crippen molar-refractivity contribution in [3.8, 4) is 0 Å². The zero-order chi connectivity index (χ0) is 19.7.